The van der Waals surface area contributed by atoms with Gasteiger partial charge in [0.15, 0.2) is 11.6 Å². The normalized spacial score (nSPS) is 11.5. The number of anilines is 1. The average Bonchev–Trinajstić information content (AvgIpc) is 3.27. The van der Waals surface area contributed by atoms with Crippen LogP contribution in [0.5, 0.6) is 11.6 Å². The summed E-state index contributed by atoms with van der Waals surface area (Å²) in [7, 11) is 0. The molecule has 0 atom stereocenters. The summed E-state index contributed by atoms with van der Waals surface area (Å²) in [5.41, 5.74) is 1.18. The molecule has 0 aliphatic rings. The number of hydrogen-bond donors (Lipinski definition) is 1. The molecule has 0 spiro atoms. The Balaban J connectivity index is 1.32. The summed E-state index contributed by atoms with van der Waals surface area (Å²) in [6, 6.07) is 19.0. The lowest BCUT2D eigenvalue weighted by Crippen LogP contribution is -2.20. The van der Waals surface area contributed by atoms with Crippen molar-refractivity contribution in [2.75, 3.05) is 5.32 Å². The molecule has 7 nitrogen and oxygen atoms in total. The number of nitrogens with one attached hydrogen (secondary N) is 1. The zero-order valence-electron chi connectivity index (χ0n) is 21.1. The molecule has 0 aliphatic heterocycles. The van der Waals surface area contributed by atoms with Crippen LogP contribution in [-0.4, -0.2) is 20.6 Å². The molecule has 1 amide bonds. The van der Waals surface area contributed by atoms with Gasteiger partial charge < -0.3 is 14.8 Å². The van der Waals surface area contributed by atoms with Crippen molar-refractivity contribution in [3.8, 4) is 11.6 Å². The van der Waals surface area contributed by atoms with Gasteiger partial charge in [0.05, 0.1) is 30.0 Å². The fourth-order valence-electron chi connectivity index (χ4n) is 4.13. The number of amides is 1. The number of ether oxygens (including phenoxy) is 2. The van der Waals surface area contributed by atoms with Crippen LogP contribution in [0, 0.1) is 12.7 Å². The van der Waals surface area contributed by atoms with Gasteiger partial charge in [-0.2, -0.15) is 13.2 Å². The van der Waals surface area contributed by atoms with Gasteiger partial charge in [0.2, 0.25) is 5.88 Å². The largest absolute Gasteiger partial charge is 0.436 e. The Kier molecular flexibility index (Phi) is 7.47. The molecule has 5 aromatic rings. The highest BCUT2D eigenvalue weighted by atomic mass is 19.4. The predicted octanol–water partition coefficient (Wildman–Crippen LogP) is 7.49. The number of carbonyl (C=O) groups is 1. The molecule has 1 N–H and O–H groups in total. The minimum absolute atomic E-state index is 0.0474. The highest BCUT2D eigenvalue weighted by molar-refractivity contribution is 6.00. The second-order valence-corrected chi connectivity index (χ2v) is 8.87. The Morgan fingerprint density at radius 2 is 1.75 bits per heavy atom. The van der Waals surface area contributed by atoms with E-state index in [0.29, 0.717) is 18.0 Å². The van der Waals surface area contributed by atoms with E-state index in [1.807, 2.05) is 30.3 Å². The maximum Gasteiger partial charge on any atom is 0.416 e. The smallest absolute Gasteiger partial charge is 0.416 e. The number of rotatable bonds is 7. The van der Waals surface area contributed by atoms with Crippen LogP contribution >= 0.6 is 0 Å². The van der Waals surface area contributed by atoms with Gasteiger partial charge in [0, 0.05) is 22.8 Å². The van der Waals surface area contributed by atoms with Crippen LogP contribution in [0.2, 0.25) is 0 Å². The van der Waals surface area contributed by atoms with Crippen molar-refractivity contribution < 1.29 is 31.8 Å². The van der Waals surface area contributed by atoms with E-state index in [1.165, 1.54) is 47.3 Å². The highest BCUT2D eigenvalue weighted by Gasteiger charge is 2.30. The highest BCUT2D eigenvalue weighted by Crippen LogP contribution is 2.33. The van der Waals surface area contributed by atoms with E-state index in [4.69, 9.17) is 9.47 Å². The van der Waals surface area contributed by atoms with Gasteiger partial charge in [-0.25, -0.2) is 19.2 Å². The molecule has 0 aliphatic carbocycles. The van der Waals surface area contributed by atoms with Crippen LogP contribution in [-0.2, 0) is 24.1 Å². The fraction of sp³-hybridized carbons (Fsp3) is 0.138. The monoisotopic (exact) mass is 550 g/mol. The van der Waals surface area contributed by atoms with Crippen molar-refractivity contribution in [2.45, 2.75) is 26.3 Å². The zero-order chi connectivity index (χ0) is 28.3. The maximum atomic E-state index is 15.5. The first-order valence-electron chi connectivity index (χ1n) is 12.1. The van der Waals surface area contributed by atoms with Crippen LogP contribution in [0.15, 0.2) is 85.2 Å². The molecular weight excluding hydrogens is 528 g/mol. The number of aromatic nitrogens is 3. The zero-order valence-corrected chi connectivity index (χ0v) is 21.1. The minimum Gasteiger partial charge on any atom is -0.436 e. The van der Waals surface area contributed by atoms with E-state index in [-0.39, 0.29) is 34.8 Å². The van der Waals surface area contributed by atoms with Crippen molar-refractivity contribution in [1.82, 2.24) is 14.5 Å². The Morgan fingerprint density at radius 1 is 0.950 bits per heavy atom. The van der Waals surface area contributed by atoms with Gasteiger partial charge in [-0.15, -0.1) is 0 Å². The summed E-state index contributed by atoms with van der Waals surface area (Å²) in [6.07, 6.45) is -3.28. The lowest BCUT2D eigenvalue weighted by atomic mass is 10.2. The number of aryl methyl sites for hydroxylation is 1. The number of carbonyl (C=O) groups excluding carboxylic acids is 1. The Morgan fingerprint density at radius 3 is 2.52 bits per heavy atom. The fourth-order valence-corrected chi connectivity index (χ4v) is 4.13. The van der Waals surface area contributed by atoms with Gasteiger partial charge in [0.1, 0.15) is 6.33 Å². The summed E-state index contributed by atoms with van der Waals surface area (Å²) >= 11 is 0. The molecule has 0 bridgehead atoms. The molecule has 0 saturated heterocycles. The van der Waals surface area contributed by atoms with Gasteiger partial charge in [0.25, 0.3) is 0 Å². The average molecular weight is 551 g/mol. The lowest BCUT2D eigenvalue weighted by Gasteiger charge is -2.12. The van der Waals surface area contributed by atoms with Crippen LogP contribution in [0.1, 0.15) is 22.5 Å². The van der Waals surface area contributed by atoms with E-state index < -0.39 is 23.6 Å². The number of alkyl halides is 3. The molecule has 40 heavy (non-hydrogen) atoms. The molecule has 11 heteroatoms. The van der Waals surface area contributed by atoms with Crippen molar-refractivity contribution in [3.05, 3.63) is 114 Å². The van der Waals surface area contributed by atoms with E-state index >= 15 is 4.39 Å². The Bertz CT molecular complexity index is 1670. The van der Waals surface area contributed by atoms with Gasteiger partial charge in [-0.3, -0.25) is 4.57 Å². The summed E-state index contributed by atoms with van der Waals surface area (Å²) in [5, 5.41) is 2.53. The van der Waals surface area contributed by atoms with Gasteiger partial charge in [-0.05, 0) is 48.9 Å². The topological polar surface area (TPSA) is 78.3 Å². The number of nitrogens with zero attached hydrogens (tertiary/aromatic N) is 3. The first-order chi connectivity index (χ1) is 19.2. The van der Waals surface area contributed by atoms with E-state index in [9.17, 15) is 18.0 Å². The van der Waals surface area contributed by atoms with Gasteiger partial charge in [-0.1, -0.05) is 36.4 Å². The quantitative estimate of drug-likeness (QED) is 0.213. The third-order valence-electron chi connectivity index (χ3n) is 5.99. The number of benzene rings is 3. The van der Waals surface area contributed by atoms with E-state index in [0.717, 1.165) is 17.7 Å². The Hall–Kier alpha value is -4.77. The first kappa shape index (κ1) is 26.8. The molecule has 5 rings (SSSR count). The number of halogens is 4. The van der Waals surface area contributed by atoms with E-state index in [1.54, 1.807) is 6.92 Å². The van der Waals surface area contributed by atoms with E-state index in [2.05, 4.69) is 15.3 Å². The molecule has 2 heterocycles. The standard InChI is InChI=1S/C29H22F4N4O3/c1-18-12-23-24(37(18)28(38)36-21-9-5-8-20(13-21)29(31,32)33)10-11-25(27(23)30)40-26-14-22(34-17-35-26)16-39-15-19-6-3-2-4-7-19/h2-14,17H,15-16H2,1H3,(H,36,38). The molecule has 0 radical (unpaired) electrons. The summed E-state index contributed by atoms with van der Waals surface area (Å²) in [4.78, 5) is 21.2. The predicted molar refractivity (Wildman–Crippen MR) is 140 cm³/mol. The lowest BCUT2D eigenvalue weighted by molar-refractivity contribution is -0.137. The third-order valence-corrected chi connectivity index (χ3v) is 5.99. The summed E-state index contributed by atoms with van der Waals surface area (Å²) in [6.45, 7) is 2.17. The van der Waals surface area contributed by atoms with Crippen molar-refractivity contribution in [1.29, 1.82) is 0 Å². The molecular formula is C29H22F4N4O3. The van der Waals surface area contributed by atoms with Crippen molar-refractivity contribution >= 4 is 22.6 Å². The molecule has 3 aromatic carbocycles. The molecule has 0 unspecified atom stereocenters. The van der Waals surface area contributed by atoms with Crippen LogP contribution < -0.4 is 10.1 Å². The number of hydrogen-bond acceptors (Lipinski definition) is 5. The third kappa shape index (κ3) is 5.94. The Labute approximate surface area is 226 Å². The molecule has 0 saturated carbocycles. The second kappa shape index (κ2) is 11.1. The summed E-state index contributed by atoms with van der Waals surface area (Å²) in [5.74, 6) is -0.755. The van der Waals surface area contributed by atoms with Crippen molar-refractivity contribution in [3.63, 3.8) is 0 Å². The first-order valence-corrected chi connectivity index (χ1v) is 12.1. The minimum atomic E-state index is -4.56. The molecule has 0 fully saturated rings. The SMILES string of the molecule is Cc1cc2c(F)c(Oc3cc(COCc4ccccc4)ncn3)ccc2n1C(=O)Nc1cccc(C(F)(F)F)c1. The maximum absolute atomic E-state index is 15.5. The number of fused-ring (bicyclic) bond motifs is 1. The van der Waals surface area contributed by atoms with Crippen molar-refractivity contribution in [2.24, 2.45) is 0 Å². The van der Waals surface area contributed by atoms with Crippen LogP contribution in [0.25, 0.3) is 10.9 Å². The molecule has 2 aromatic heterocycles. The molecule has 204 valence electrons. The second-order valence-electron chi connectivity index (χ2n) is 8.87. The van der Waals surface area contributed by atoms with Crippen LogP contribution in [0.4, 0.5) is 28.0 Å². The van der Waals surface area contributed by atoms with Gasteiger partial charge >= 0.3 is 12.2 Å². The summed E-state index contributed by atoms with van der Waals surface area (Å²) < 4.78 is 67.1. The van der Waals surface area contributed by atoms with Crippen LogP contribution in [0.3, 0.4) is 0 Å².